The molecule has 0 aliphatic heterocycles. The smallest absolute Gasteiger partial charge is 0.0262 e. The fourth-order valence-electron chi connectivity index (χ4n) is 0.768. The van der Waals surface area contributed by atoms with Crippen LogP contribution >= 0.6 is 0 Å². The third kappa shape index (κ3) is 5.36. The van der Waals surface area contributed by atoms with E-state index in [1.54, 1.807) is 0 Å². The Balaban J connectivity index is 0.000000364. The molecule has 0 heterocycles. The molecule has 1 aromatic rings. The summed E-state index contributed by atoms with van der Waals surface area (Å²) in [6, 6.07) is 8.07. The topological polar surface area (TPSA) is 0 Å². The van der Waals surface area contributed by atoms with E-state index in [1.165, 1.54) is 12.8 Å². The molecule has 0 heteroatoms. The van der Waals surface area contributed by atoms with Gasteiger partial charge in [-0.15, -0.1) is 0 Å². The van der Waals surface area contributed by atoms with Crippen LogP contribution in [0.2, 0.25) is 0 Å². The number of hydrogen-bond donors (Lipinski definition) is 0. The first kappa shape index (κ1) is 12.7. The maximum absolute atomic E-state index is 3.66. The van der Waals surface area contributed by atoms with Crippen LogP contribution in [0, 0.1) is 0 Å². The zero-order valence-corrected chi connectivity index (χ0v) is 9.29. The molecular weight excluding hydrogens is 168 g/mol. The van der Waals surface area contributed by atoms with Gasteiger partial charge in [-0.25, -0.2) is 0 Å². The second-order valence-electron chi connectivity index (χ2n) is 3.07. The summed E-state index contributed by atoms with van der Waals surface area (Å²) in [4.78, 5) is 0. The van der Waals surface area contributed by atoms with Crippen molar-refractivity contribution in [3.63, 3.8) is 0 Å². The Labute approximate surface area is 88.0 Å². The molecule has 14 heavy (non-hydrogen) atoms. The summed E-state index contributed by atoms with van der Waals surface area (Å²) in [6.07, 6.45) is 6.29. The van der Waals surface area contributed by atoms with Crippen molar-refractivity contribution in [2.75, 3.05) is 0 Å². The van der Waals surface area contributed by atoms with Gasteiger partial charge in [0.1, 0.15) is 0 Å². The number of benzene rings is 1. The lowest BCUT2D eigenvalue weighted by molar-refractivity contribution is 0.886. The first-order valence-corrected chi connectivity index (χ1v) is 5.13. The summed E-state index contributed by atoms with van der Waals surface area (Å²) in [5, 5.41) is 0. The molecule has 0 saturated carbocycles. The van der Waals surface area contributed by atoms with Crippen LogP contribution in [-0.2, 0) is 0 Å². The average molecular weight is 188 g/mol. The molecule has 0 nitrogen and oxygen atoms in total. The summed E-state index contributed by atoms with van der Waals surface area (Å²) in [7, 11) is 0. The van der Waals surface area contributed by atoms with Gasteiger partial charge in [0, 0.05) is 0 Å². The molecule has 0 aromatic heterocycles. The van der Waals surface area contributed by atoms with Crippen molar-refractivity contribution in [1.29, 1.82) is 0 Å². The maximum Gasteiger partial charge on any atom is -0.0262 e. The van der Waals surface area contributed by atoms with Gasteiger partial charge in [-0.05, 0) is 11.1 Å². The van der Waals surface area contributed by atoms with Gasteiger partial charge in [0.05, 0.1) is 0 Å². The first-order valence-electron chi connectivity index (χ1n) is 5.13. The highest BCUT2D eigenvalue weighted by molar-refractivity contribution is 5.53. The summed E-state index contributed by atoms with van der Waals surface area (Å²) < 4.78 is 0. The minimum absolute atomic E-state index is 1.14. The highest BCUT2D eigenvalue weighted by Crippen LogP contribution is 2.05. The summed E-state index contributed by atoms with van der Waals surface area (Å²) in [5.74, 6) is 0. The normalized spacial score (nSPS) is 8.43. The van der Waals surface area contributed by atoms with Crippen LogP contribution in [0.25, 0.3) is 12.2 Å². The van der Waals surface area contributed by atoms with E-state index < -0.39 is 0 Å². The molecule has 0 spiro atoms. The molecule has 0 fully saturated rings. The Morgan fingerprint density at radius 1 is 0.857 bits per heavy atom. The van der Waals surface area contributed by atoms with E-state index in [1.807, 2.05) is 36.4 Å². The number of hydrogen-bond acceptors (Lipinski definition) is 0. The Bertz CT molecular complexity index is 225. The molecule has 0 aliphatic carbocycles. The molecule has 1 rings (SSSR count). The van der Waals surface area contributed by atoms with E-state index in [0.29, 0.717) is 0 Å². The van der Waals surface area contributed by atoms with Crippen molar-refractivity contribution >= 4 is 12.2 Å². The zero-order valence-electron chi connectivity index (χ0n) is 9.29. The van der Waals surface area contributed by atoms with Gasteiger partial charge in [0.2, 0.25) is 0 Å². The largest absolute Gasteiger partial charge is 0.0985 e. The second kappa shape index (κ2) is 8.31. The van der Waals surface area contributed by atoms with E-state index in [-0.39, 0.29) is 0 Å². The van der Waals surface area contributed by atoms with Gasteiger partial charge in [0.25, 0.3) is 0 Å². The molecular formula is C14H20. The third-order valence-electron chi connectivity index (χ3n) is 1.91. The van der Waals surface area contributed by atoms with Crippen molar-refractivity contribution in [2.45, 2.75) is 26.7 Å². The standard InChI is InChI=1S/C10H10.C4H10/c1-3-9-5-7-10(4-2)8-6-9;1-3-4-2/h3-8H,1-2H2;3-4H2,1-2H3. The molecule has 0 atom stereocenters. The second-order valence-corrected chi connectivity index (χ2v) is 3.07. The van der Waals surface area contributed by atoms with Crippen LogP contribution < -0.4 is 0 Å². The van der Waals surface area contributed by atoms with Gasteiger partial charge < -0.3 is 0 Å². The van der Waals surface area contributed by atoms with Crippen LogP contribution in [0.15, 0.2) is 37.4 Å². The van der Waals surface area contributed by atoms with Crippen LogP contribution in [0.4, 0.5) is 0 Å². The zero-order chi connectivity index (χ0) is 10.8. The maximum atomic E-state index is 3.66. The van der Waals surface area contributed by atoms with Gasteiger partial charge in [-0.3, -0.25) is 0 Å². The van der Waals surface area contributed by atoms with E-state index in [0.717, 1.165) is 11.1 Å². The minimum Gasteiger partial charge on any atom is -0.0985 e. The molecule has 0 radical (unpaired) electrons. The Kier molecular flexibility index (Phi) is 7.53. The van der Waals surface area contributed by atoms with Crippen molar-refractivity contribution in [3.05, 3.63) is 48.6 Å². The lowest BCUT2D eigenvalue weighted by Gasteiger charge is -1.92. The summed E-state index contributed by atoms with van der Waals surface area (Å²) >= 11 is 0. The highest BCUT2D eigenvalue weighted by atomic mass is 13.9. The molecule has 1 aromatic carbocycles. The summed E-state index contributed by atoms with van der Waals surface area (Å²) in [6.45, 7) is 11.7. The van der Waals surface area contributed by atoms with Crippen LogP contribution in [0.1, 0.15) is 37.8 Å². The predicted molar refractivity (Wildman–Crippen MR) is 67.2 cm³/mol. The minimum atomic E-state index is 1.14. The Morgan fingerprint density at radius 3 is 1.29 bits per heavy atom. The van der Waals surface area contributed by atoms with E-state index in [2.05, 4.69) is 27.0 Å². The fraction of sp³-hybridized carbons (Fsp3) is 0.286. The molecule has 0 N–H and O–H groups in total. The molecule has 0 bridgehead atoms. The predicted octanol–water partition coefficient (Wildman–Crippen LogP) is 4.78. The molecule has 0 aliphatic rings. The molecule has 0 saturated heterocycles. The van der Waals surface area contributed by atoms with Crippen molar-refractivity contribution in [2.24, 2.45) is 0 Å². The highest BCUT2D eigenvalue weighted by Gasteiger charge is 1.84. The lowest BCUT2D eigenvalue weighted by Crippen LogP contribution is -1.71. The Hall–Kier alpha value is -1.30. The third-order valence-corrected chi connectivity index (χ3v) is 1.91. The molecule has 76 valence electrons. The first-order chi connectivity index (χ1) is 6.78. The number of rotatable bonds is 3. The Morgan fingerprint density at radius 2 is 1.14 bits per heavy atom. The molecule has 0 amide bonds. The summed E-state index contributed by atoms with van der Waals surface area (Å²) in [5.41, 5.74) is 2.29. The van der Waals surface area contributed by atoms with Crippen LogP contribution in [0.3, 0.4) is 0 Å². The van der Waals surface area contributed by atoms with E-state index in [4.69, 9.17) is 0 Å². The van der Waals surface area contributed by atoms with Gasteiger partial charge in [-0.2, -0.15) is 0 Å². The van der Waals surface area contributed by atoms with Crippen LogP contribution in [-0.4, -0.2) is 0 Å². The van der Waals surface area contributed by atoms with E-state index in [9.17, 15) is 0 Å². The van der Waals surface area contributed by atoms with Crippen molar-refractivity contribution in [1.82, 2.24) is 0 Å². The number of unbranched alkanes of at least 4 members (excludes halogenated alkanes) is 1. The SMILES string of the molecule is C=Cc1ccc(C=C)cc1.CCCC. The molecule has 0 unspecified atom stereocenters. The van der Waals surface area contributed by atoms with Gasteiger partial charge in [-0.1, -0.05) is 76.3 Å². The van der Waals surface area contributed by atoms with Crippen LogP contribution in [0.5, 0.6) is 0 Å². The quantitative estimate of drug-likeness (QED) is 0.640. The van der Waals surface area contributed by atoms with Gasteiger partial charge >= 0.3 is 0 Å². The van der Waals surface area contributed by atoms with Gasteiger partial charge in [0.15, 0.2) is 0 Å². The monoisotopic (exact) mass is 188 g/mol. The lowest BCUT2D eigenvalue weighted by atomic mass is 10.1. The van der Waals surface area contributed by atoms with Crippen molar-refractivity contribution in [3.8, 4) is 0 Å². The van der Waals surface area contributed by atoms with Crippen molar-refractivity contribution < 1.29 is 0 Å². The van der Waals surface area contributed by atoms with E-state index >= 15 is 0 Å². The fourth-order valence-corrected chi connectivity index (χ4v) is 0.768. The average Bonchev–Trinajstić information content (AvgIpc) is 2.29.